The number of aromatic nitrogens is 2. The molecule has 3 heterocycles. The molecule has 2 aliphatic heterocycles. The molecule has 6 rings (SSSR count). The van der Waals surface area contributed by atoms with Crippen molar-refractivity contribution >= 4 is 40.0 Å². The highest BCUT2D eigenvalue weighted by Crippen LogP contribution is 2.40. The molecule has 12 nitrogen and oxygen atoms in total. The Labute approximate surface area is 271 Å². The molecule has 0 aliphatic carbocycles. The van der Waals surface area contributed by atoms with E-state index in [1.165, 1.54) is 9.80 Å². The Kier molecular flexibility index (Phi) is 8.48. The van der Waals surface area contributed by atoms with Crippen LogP contribution in [-0.4, -0.2) is 59.8 Å². The van der Waals surface area contributed by atoms with Gasteiger partial charge in [-0.1, -0.05) is 30.3 Å². The lowest BCUT2D eigenvalue weighted by Gasteiger charge is -2.37. The minimum absolute atomic E-state index is 0.0334. The fourth-order valence-corrected chi connectivity index (χ4v) is 6.47. The topological polar surface area (TPSA) is 170 Å². The number of nitriles is 2. The second kappa shape index (κ2) is 12.7. The first kappa shape index (κ1) is 31.4. The zero-order chi connectivity index (χ0) is 33.3. The molecule has 1 fully saturated rings. The Balaban J connectivity index is 1.55. The van der Waals surface area contributed by atoms with E-state index in [1.54, 1.807) is 55.1 Å². The molecule has 0 radical (unpaired) electrons. The molecule has 0 bridgehead atoms. The largest absolute Gasteiger partial charge is 0.381 e. The van der Waals surface area contributed by atoms with Crippen LogP contribution in [0.15, 0.2) is 66.7 Å². The summed E-state index contributed by atoms with van der Waals surface area (Å²) in [6.45, 7) is 2.26. The van der Waals surface area contributed by atoms with Gasteiger partial charge in [-0.2, -0.15) is 15.6 Å². The summed E-state index contributed by atoms with van der Waals surface area (Å²) < 4.78 is 7.19. The molecule has 47 heavy (non-hydrogen) atoms. The Morgan fingerprint density at radius 3 is 2.45 bits per heavy atom. The van der Waals surface area contributed by atoms with Crippen molar-refractivity contribution in [3.63, 3.8) is 0 Å². The number of nitrogens with zero attached hydrogens (tertiary/aromatic N) is 6. The predicted molar refractivity (Wildman–Crippen MR) is 174 cm³/mol. The third-order valence-electron chi connectivity index (χ3n) is 9.40. The number of nitrogens with one attached hydrogen (secondary N) is 1. The van der Waals surface area contributed by atoms with Crippen molar-refractivity contribution in [2.45, 2.75) is 31.8 Å². The van der Waals surface area contributed by atoms with Gasteiger partial charge < -0.3 is 25.6 Å². The summed E-state index contributed by atoms with van der Waals surface area (Å²) in [6.07, 6.45) is 1.02. The lowest BCUT2D eigenvalue weighted by atomic mass is 9.83. The Hall–Kier alpha value is -5.56. The van der Waals surface area contributed by atoms with Gasteiger partial charge in [0.1, 0.15) is 11.6 Å². The number of amides is 3. The van der Waals surface area contributed by atoms with E-state index in [4.69, 9.17) is 15.6 Å². The normalized spacial score (nSPS) is 18.1. The predicted octanol–water partition coefficient (Wildman–Crippen LogP) is 3.15. The zero-order valence-electron chi connectivity index (χ0n) is 26.1. The lowest BCUT2D eigenvalue weighted by molar-refractivity contribution is -0.134. The zero-order valence-corrected chi connectivity index (χ0v) is 26.1. The minimum atomic E-state index is -1.53. The van der Waals surface area contributed by atoms with E-state index in [-0.39, 0.29) is 24.9 Å². The highest BCUT2D eigenvalue weighted by molar-refractivity contribution is 6.09. The van der Waals surface area contributed by atoms with Gasteiger partial charge >= 0.3 is 0 Å². The summed E-state index contributed by atoms with van der Waals surface area (Å²) in [6, 6.07) is 23.9. The molecule has 238 valence electrons. The summed E-state index contributed by atoms with van der Waals surface area (Å²) in [5.74, 6) is -2.86. The van der Waals surface area contributed by atoms with Gasteiger partial charge in [-0.15, -0.1) is 0 Å². The van der Waals surface area contributed by atoms with Crippen LogP contribution < -0.4 is 20.9 Å². The van der Waals surface area contributed by atoms with Gasteiger partial charge in [-0.05, 0) is 63.2 Å². The van der Waals surface area contributed by atoms with E-state index >= 15 is 0 Å². The number of benzene rings is 3. The average molecular weight is 631 g/mol. The summed E-state index contributed by atoms with van der Waals surface area (Å²) in [7, 11) is 1.56. The van der Waals surface area contributed by atoms with Gasteiger partial charge in [0.2, 0.25) is 17.7 Å². The summed E-state index contributed by atoms with van der Waals surface area (Å²) in [4.78, 5) is 45.1. The van der Waals surface area contributed by atoms with Crippen LogP contribution in [0.1, 0.15) is 36.6 Å². The number of anilines is 2. The quantitative estimate of drug-likeness (QED) is 0.314. The maximum Gasteiger partial charge on any atom is 0.238 e. The molecule has 0 spiro atoms. The van der Waals surface area contributed by atoms with Gasteiger partial charge in [-0.3, -0.25) is 14.4 Å². The van der Waals surface area contributed by atoms with Crippen LogP contribution in [-0.2, 0) is 25.7 Å². The van der Waals surface area contributed by atoms with Crippen LogP contribution >= 0.6 is 0 Å². The third-order valence-corrected chi connectivity index (χ3v) is 9.40. The summed E-state index contributed by atoms with van der Waals surface area (Å²) in [5.41, 5.74) is 7.78. The van der Waals surface area contributed by atoms with Gasteiger partial charge in [0, 0.05) is 31.1 Å². The number of hydrogen-bond acceptors (Lipinski definition) is 8. The van der Waals surface area contributed by atoms with E-state index in [0.717, 1.165) is 10.9 Å². The van der Waals surface area contributed by atoms with E-state index in [0.29, 0.717) is 59.9 Å². The van der Waals surface area contributed by atoms with Crippen LogP contribution in [0, 0.1) is 34.5 Å². The highest BCUT2D eigenvalue weighted by atomic mass is 16.5. The molecule has 1 aromatic heterocycles. The first-order valence-electron chi connectivity index (χ1n) is 15.4. The van der Waals surface area contributed by atoms with Crippen LogP contribution in [0.25, 0.3) is 16.6 Å². The van der Waals surface area contributed by atoms with Crippen molar-refractivity contribution in [3.8, 4) is 17.8 Å². The van der Waals surface area contributed by atoms with E-state index in [1.807, 2.05) is 30.3 Å². The minimum Gasteiger partial charge on any atom is -0.381 e. The van der Waals surface area contributed by atoms with Crippen LogP contribution in [0.2, 0.25) is 0 Å². The molecule has 12 heteroatoms. The van der Waals surface area contributed by atoms with E-state index in [2.05, 4.69) is 17.5 Å². The van der Waals surface area contributed by atoms with Crippen molar-refractivity contribution < 1.29 is 19.1 Å². The highest BCUT2D eigenvalue weighted by Gasteiger charge is 2.49. The Morgan fingerprint density at radius 2 is 1.74 bits per heavy atom. The number of carbonyl (C=O) groups excluding carboxylic acids is 3. The molecule has 2 aliphatic rings. The molecule has 2 atom stereocenters. The molecular formula is C35H34N8O4. The van der Waals surface area contributed by atoms with Crippen LogP contribution in [0.5, 0.6) is 0 Å². The molecule has 4 aromatic rings. The Bertz CT molecular complexity index is 1970. The van der Waals surface area contributed by atoms with Gasteiger partial charge in [0.15, 0.2) is 0 Å². The van der Waals surface area contributed by atoms with E-state index < -0.39 is 23.3 Å². The fourth-order valence-electron chi connectivity index (χ4n) is 6.47. The number of ether oxygens (including phenoxy) is 1. The maximum atomic E-state index is 14.8. The SMILES string of the molecule is CNC(C)(C(N)=O)[C@@H]1CN(C(=O)C2CCOCC2)c2cc(C#N)ccc2N(Cc2nn(-c3ccccc3C#N)c3ccccc23)C1=O. The molecule has 0 saturated carbocycles. The second-order valence-corrected chi connectivity index (χ2v) is 11.9. The second-order valence-electron chi connectivity index (χ2n) is 11.9. The number of carbonyl (C=O) groups is 3. The fraction of sp³-hybridized carbons (Fsp3) is 0.314. The van der Waals surface area contributed by atoms with Crippen molar-refractivity contribution in [1.29, 1.82) is 10.5 Å². The molecular weight excluding hydrogens is 596 g/mol. The number of nitrogens with two attached hydrogens (primary N) is 1. The van der Waals surface area contributed by atoms with Gasteiger partial charge in [0.05, 0.1) is 57.9 Å². The number of fused-ring (bicyclic) bond motifs is 2. The van der Waals surface area contributed by atoms with Crippen molar-refractivity contribution in [2.75, 3.05) is 36.6 Å². The van der Waals surface area contributed by atoms with E-state index in [9.17, 15) is 24.9 Å². The molecule has 1 saturated heterocycles. The number of para-hydroxylation sites is 2. The monoisotopic (exact) mass is 630 g/mol. The Morgan fingerprint density at radius 1 is 1.02 bits per heavy atom. The lowest BCUT2D eigenvalue weighted by Crippen LogP contribution is -2.63. The summed E-state index contributed by atoms with van der Waals surface area (Å²) in [5, 5.41) is 28.3. The third kappa shape index (κ3) is 5.48. The van der Waals surface area contributed by atoms with Gasteiger partial charge in [-0.25, -0.2) is 4.68 Å². The first-order chi connectivity index (χ1) is 22.7. The number of likely N-dealkylation sites (N-methyl/N-ethyl adjacent to an activating group) is 1. The summed E-state index contributed by atoms with van der Waals surface area (Å²) >= 11 is 0. The molecule has 3 N–H and O–H groups in total. The number of rotatable bonds is 7. The smallest absolute Gasteiger partial charge is 0.238 e. The number of hydrogen-bond donors (Lipinski definition) is 2. The van der Waals surface area contributed by atoms with Crippen LogP contribution in [0.3, 0.4) is 0 Å². The van der Waals surface area contributed by atoms with Crippen molar-refractivity contribution in [3.05, 3.63) is 83.6 Å². The van der Waals surface area contributed by atoms with Crippen molar-refractivity contribution in [1.82, 2.24) is 15.1 Å². The van der Waals surface area contributed by atoms with Gasteiger partial charge in [0.25, 0.3) is 0 Å². The average Bonchev–Trinajstić information content (AvgIpc) is 3.42. The molecule has 1 unspecified atom stereocenters. The molecule has 3 aromatic carbocycles. The molecule has 3 amide bonds. The first-order valence-corrected chi connectivity index (χ1v) is 15.4. The van der Waals surface area contributed by atoms with Crippen molar-refractivity contribution in [2.24, 2.45) is 17.6 Å². The number of primary amides is 1. The standard InChI is InChI=1S/C35H34N8O4/c1-35(39-2,34(38)46)26-20-41(32(44)23-13-15-47-16-14-23)31-17-22(18-36)11-12-30(31)42(33(26)45)21-27-25-8-4-6-10-29(25)43(40-27)28-9-5-3-7-24(28)19-37/h3-12,17,23,26,39H,13-16,20-21H2,1-2H3,(H2,38,46)/t26-,35?/m1/s1. The van der Waals surface area contributed by atoms with Crippen LogP contribution in [0.4, 0.5) is 11.4 Å². The maximum absolute atomic E-state index is 14.8.